The summed E-state index contributed by atoms with van der Waals surface area (Å²) in [5.41, 5.74) is 2.01. The fraction of sp³-hybridized carbons (Fsp3) is 0.696. The predicted octanol–water partition coefficient (Wildman–Crippen LogP) is 2.63. The molecule has 3 fully saturated rings. The smallest absolute Gasteiger partial charge is 0.254 e. The summed E-state index contributed by atoms with van der Waals surface area (Å²) in [6.07, 6.45) is 5.12. The van der Waals surface area contributed by atoms with E-state index >= 15 is 0 Å². The maximum Gasteiger partial charge on any atom is 0.254 e. The lowest BCUT2D eigenvalue weighted by molar-refractivity contribution is 0.0303. The maximum absolute atomic E-state index is 12.6. The number of anilines is 1. The number of ether oxygens (including phenoxy) is 2. The van der Waals surface area contributed by atoms with E-state index in [1.54, 1.807) is 0 Å². The molecule has 3 saturated heterocycles. The quantitative estimate of drug-likeness (QED) is 0.733. The molecule has 1 aromatic rings. The summed E-state index contributed by atoms with van der Waals surface area (Å²) in [5.74, 6) is 0.118. The van der Waals surface area contributed by atoms with Crippen molar-refractivity contribution in [3.8, 4) is 0 Å². The normalized spacial score (nSPS) is 24.2. The van der Waals surface area contributed by atoms with Crippen LogP contribution in [0, 0.1) is 0 Å². The van der Waals surface area contributed by atoms with Gasteiger partial charge in [-0.3, -0.25) is 9.69 Å². The van der Waals surface area contributed by atoms with Crippen LogP contribution in [0.5, 0.6) is 0 Å². The van der Waals surface area contributed by atoms with Gasteiger partial charge in [0, 0.05) is 63.2 Å². The van der Waals surface area contributed by atoms with Crippen LogP contribution in [0.4, 0.5) is 5.69 Å². The van der Waals surface area contributed by atoms with Gasteiger partial charge in [-0.05, 0) is 49.9 Å². The van der Waals surface area contributed by atoms with Gasteiger partial charge in [-0.15, -0.1) is 0 Å². The van der Waals surface area contributed by atoms with Crippen molar-refractivity contribution in [1.82, 2.24) is 9.80 Å². The van der Waals surface area contributed by atoms with Crippen LogP contribution in [0.15, 0.2) is 24.3 Å². The van der Waals surface area contributed by atoms with Crippen molar-refractivity contribution in [3.05, 3.63) is 29.8 Å². The largest absolute Gasteiger partial charge is 0.378 e. The number of rotatable bonds is 6. The Morgan fingerprint density at radius 3 is 2.45 bits per heavy atom. The summed E-state index contributed by atoms with van der Waals surface area (Å²) < 4.78 is 11.3. The molecular weight excluding hydrogens is 366 g/mol. The Labute approximate surface area is 174 Å². The molecular formula is C23H35N3O3. The summed E-state index contributed by atoms with van der Waals surface area (Å²) in [7, 11) is 0. The molecule has 29 heavy (non-hydrogen) atoms. The maximum atomic E-state index is 12.6. The average molecular weight is 402 g/mol. The third kappa shape index (κ3) is 5.11. The molecule has 1 atom stereocenters. The van der Waals surface area contributed by atoms with E-state index in [2.05, 4.69) is 28.9 Å². The lowest BCUT2D eigenvalue weighted by atomic mass is 10.0. The first-order valence-corrected chi connectivity index (χ1v) is 11.3. The van der Waals surface area contributed by atoms with Crippen molar-refractivity contribution in [2.24, 2.45) is 0 Å². The van der Waals surface area contributed by atoms with E-state index in [4.69, 9.17) is 9.47 Å². The molecule has 0 N–H and O–H groups in total. The first kappa shape index (κ1) is 20.6. The second kappa shape index (κ2) is 9.92. The van der Waals surface area contributed by atoms with Gasteiger partial charge in [0.05, 0.1) is 19.3 Å². The molecule has 0 bridgehead atoms. The lowest BCUT2D eigenvalue weighted by Crippen LogP contribution is -2.44. The molecule has 0 radical (unpaired) electrons. The predicted molar refractivity (Wildman–Crippen MR) is 115 cm³/mol. The SMILES string of the molecule is CCCO[C@@H]1CCN(C2CCN(c3ccc(C(=O)N4CCOCC4)cc3)CC2)C1. The van der Waals surface area contributed by atoms with Gasteiger partial charge in [-0.25, -0.2) is 0 Å². The summed E-state index contributed by atoms with van der Waals surface area (Å²) >= 11 is 0. The summed E-state index contributed by atoms with van der Waals surface area (Å²) in [4.78, 5) is 19.6. The number of likely N-dealkylation sites (tertiary alicyclic amines) is 1. The number of carbonyl (C=O) groups excluding carboxylic acids is 1. The van der Waals surface area contributed by atoms with E-state index < -0.39 is 0 Å². The Morgan fingerprint density at radius 2 is 1.76 bits per heavy atom. The number of morpholine rings is 1. The Kier molecular flexibility index (Phi) is 7.06. The summed E-state index contributed by atoms with van der Waals surface area (Å²) in [6, 6.07) is 8.87. The third-order valence-corrected chi connectivity index (χ3v) is 6.49. The van der Waals surface area contributed by atoms with Crippen molar-refractivity contribution in [3.63, 3.8) is 0 Å². The fourth-order valence-electron chi connectivity index (χ4n) is 4.76. The highest BCUT2D eigenvalue weighted by atomic mass is 16.5. The Balaban J connectivity index is 1.26. The molecule has 3 aliphatic rings. The van der Waals surface area contributed by atoms with Crippen LogP contribution >= 0.6 is 0 Å². The molecule has 0 aromatic heterocycles. The minimum atomic E-state index is 0.118. The van der Waals surface area contributed by atoms with Crippen LogP contribution in [0.3, 0.4) is 0 Å². The van der Waals surface area contributed by atoms with Gasteiger partial charge in [0.25, 0.3) is 5.91 Å². The first-order chi connectivity index (χ1) is 14.2. The van der Waals surface area contributed by atoms with Gasteiger partial charge < -0.3 is 19.3 Å². The second-order valence-corrected chi connectivity index (χ2v) is 8.45. The summed E-state index contributed by atoms with van der Waals surface area (Å²) in [6.45, 7) is 10.2. The van der Waals surface area contributed by atoms with Gasteiger partial charge in [0.2, 0.25) is 0 Å². The summed E-state index contributed by atoms with van der Waals surface area (Å²) in [5, 5.41) is 0. The molecule has 0 aliphatic carbocycles. The standard InChI is InChI=1S/C23H35N3O3/c1-2-15-29-22-9-12-26(18-22)21-7-10-24(11-8-21)20-5-3-19(4-6-20)23(27)25-13-16-28-17-14-25/h3-6,21-22H,2,7-18H2,1H3/t22-/m1/s1. The third-order valence-electron chi connectivity index (χ3n) is 6.49. The monoisotopic (exact) mass is 401 g/mol. The molecule has 3 heterocycles. The number of benzene rings is 1. The van der Waals surface area contributed by atoms with E-state index in [-0.39, 0.29) is 5.91 Å². The molecule has 3 aliphatic heterocycles. The zero-order valence-electron chi connectivity index (χ0n) is 17.7. The fourth-order valence-corrected chi connectivity index (χ4v) is 4.76. The average Bonchev–Trinajstić information content (AvgIpc) is 3.27. The van der Waals surface area contributed by atoms with Gasteiger partial charge >= 0.3 is 0 Å². The Morgan fingerprint density at radius 1 is 1.03 bits per heavy atom. The van der Waals surface area contributed by atoms with Crippen molar-refractivity contribution in [2.45, 2.75) is 44.8 Å². The Hall–Kier alpha value is -1.63. The zero-order chi connectivity index (χ0) is 20.1. The number of hydrogen-bond donors (Lipinski definition) is 0. The number of hydrogen-bond acceptors (Lipinski definition) is 5. The minimum Gasteiger partial charge on any atom is -0.378 e. The molecule has 1 amide bonds. The highest BCUT2D eigenvalue weighted by molar-refractivity contribution is 5.94. The van der Waals surface area contributed by atoms with Gasteiger partial charge in [-0.1, -0.05) is 6.92 Å². The number of nitrogens with zero attached hydrogens (tertiary/aromatic N) is 3. The van der Waals surface area contributed by atoms with Crippen molar-refractivity contribution >= 4 is 11.6 Å². The first-order valence-electron chi connectivity index (χ1n) is 11.3. The van der Waals surface area contributed by atoms with Crippen LogP contribution < -0.4 is 4.90 Å². The van der Waals surface area contributed by atoms with Crippen LogP contribution in [-0.2, 0) is 9.47 Å². The van der Waals surface area contributed by atoms with Crippen LogP contribution in [0.2, 0.25) is 0 Å². The number of piperidine rings is 1. The van der Waals surface area contributed by atoms with Gasteiger partial charge in [0.1, 0.15) is 0 Å². The van der Waals surface area contributed by atoms with Crippen LogP contribution in [-0.4, -0.2) is 86.9 Å². The minimum absolute atomic E-state index is 0.118. The van der Waals surface area contributed by atoms with Gasteiger partial charge in [0.15, 0.2) is 0 Å². The molecule has 0 saturated carbocycles. The number of amides is 1. The molecule has 6 nitrogen and oxygen atoms in total. The lowest BCUT2D eigenvalue weighted by Gasteiger charge is -2.38. The van der Waals surface area contributed by atoms with E-state index in [0.717, 1.165) is 38.2 Å². The molecule has 160 valence electrons. The second-order valence-electron chi connectivity index (χ2n) is 8.45. The highest BCUT2D eigenvalue weighted by Gasteiger charge is 2.31. The molecule has 6 heteroatoms. The molecule has 1 aromatic carbocycles. The van der Waals surface area contributed by atoms with Gasteiger partial charge in [-0.2, -0.15) is 0 Å². The van der Waals surface area contributed by atoms with Crippen LogP contribution in [0.25, 0.3) is 0 Å². The van der Waals surface area contributed by atoms with E-state index in [9.17, 15) is 4.79 Å². The molecule has 4 rings (SSSR count). The van der Waals surface area contributed by atoms with E-state index in [1.165, 1.54) is 31.5 Å². The molecule has 0 unspecified atom stereocenters. The van der Waals surface area contributed by atoms with Crippen molar-refractivity contribution < 1.29 is 14.3 Å². The van der Waals surface area contributed by atoms with Crippen molar-refractivity contribution in [1.29, 1.82) is 0 Å². The zero-order valence-corrected chi connectivity index (χ0v) is 17.7. The number of carbonyl (C=O) groups is 1. The van der Waals surface area contributed by atoms with Crippen LogP contribution in [0.1, 0.15) is 43.0 Å². The molecule has 0 spiro atoms. The highest BCUT2D eigenvalue weighted by Crippen LogP contribution is 2.26. The van der Waals surface area contributed by atoms with E-state index in [1.807, 2.05) is 17.0 Å². The topological polar surface area (TPSA) is 45.2 Å². The van der Waals surface area contributed by atoms with E-state index in [0.29, 0.717) is 38.4 Å². The Bertz CT molecular complexity index is 652. The van der Waals surface area contributed by atoms with Crippen molar-refractivity contribution in [2.75, 3.05) is 64.0 Å².